The average Bonchev–Trinajstić information content (AvgIpc) is 2.46. The lowest BCUT2D eigenvalue weighted by Crippen LogP contribution is -2.60. The Morgan fingerprint density at radius 3 is 2.30 bits per heavy atom. The van der Waals surface area contributed by atoms with E-state index in [2.05, 4.69) is 44.7 Å². The maximum absolute atomic E-state index is 6.36. The molecule has 1 aliphatic heterocycles. The van der Waals surface area contributed by atoms with Crippen molar-refractivity contribution in [3.8, 4) is 0 Å². The maximum Gasteiger partial charge on any atom is 0.0452 e. The molecule has 1 aromatic rings. The fourth-order valence-corrected chi connectivity index (χ4v) is 4.19. The first-order valence-electron chi connectivity index (χ1n) is 8.51. The summed E-state index contributed by atoms with van der Waals surface area (Å²) in [4.78, 5) is 5.03. The monoisotopic (exact) mass is 356 g/mol. The van der Waals surface area contributed by atoms with Crippen LogP contribution in [0.4, 0.5) is 0 Å². The first kappa shape index (κ1) is 19.1. The highest BCUT2D eigenvalue weighted by molar-refractivity contribution is 6.35. The SMILES string of the molecule is CN(C)[C@]1(CCc2c(Cl)cccc2Cl)CCCN(C(C)(C)C)C1. The molecule has 2 rings (SSSR count). The number of nitrogens with zero attached hydrogens (tertiary/aromatic N) is 2. The molecule has 0 N–H and O–H groups in total. The van der Waals surface area contributed by atoms with E-state index in [9.17, 15) is 0 Å². The molecule has 0 aliphatic carbocycles. The van der Waals surface area contributed by atoms with Gasteiger partial charge >= 0.3 is 0 Å². The zero-order valence-electron chi connectivity index (χ0n) is 15.1. The smallest absolute Gasteiger partial charge is 0.0452 e. The topological polar surface area (TPSA) is 6.48 Å². The van der Waals surface area contributed by atoms with Crippen molar-refractivity contribution in [3.05, 3.63) is 33.8 Å². The van der Waals surface area contributed by atoms with E-state index in [1.807, 2.05) is 18.2 Å². The van der Waals surface area contributed by atoms with Crippen molar-refractivity contribution in [1.29, 1.82) is 0 Å². The predicted octanol–water partition coefficient (Wildman–Crippen LogP) is 5.12. The molecule has 1 aromatic carbocycles. The molecule has 23 heavy (non-hydrogen) atoms. The van der Waals surface area contributed by atoms with Crippen molar-refractivity contribution < 1.29 is 0 Å². The summed E-state index contributed by atoms with van der Waals surface area (Å²) >= 11 is 12.7. The molecule has 4 heteroatoms. The average molecular weight is 357 g/mol. The van der Waals surface area contributed by atoms with Crippen LogP contribution in [0.1, 0.15) is 45.6 Å². The van der Waals surface area contributed by atoms with Gasteiger partial charge in [0.2, 0.25) is 0 Å². The van der Waals surface area contributed by atoms with Gasteiger partial charge in [-0.3, -0.25) is 4.90 Å². The van der Waals surface area contributed by atoms with Crippen LogP contribution in [-0.2, 0) is 6.42 Å². The molecule has 1 heterocycles. The van der Waals surface area contributed by atoms with Gasteiger partial charge in [0.15, 0.2) is 0 Å². The number of likely N-dealkylation sites (N-methyl/N-ethyl adjacent to an activating group) is 1. The number of piperidine rings is 1. The number of hydrogen-bond donors (Lipinski definition) is 0. The van der Waals surface area contributed by atoms with E-state index in [0.29, 0.717) is 0 Å². The molecule has 0 aromatic heterocycles. The van der Waals surface area contributed by atoms with E-state index in [1.54, 1.807) is 0 Å². The molecule has 1 atom stereocenters. The zero-order chi connectivity index (χ0) is 17.3. The first-order valence-corrected chi connectivity index (χ1v) is 9.27. The molecule has 1 fully saturated rings. The minimum absolute atomic E-state index is 0.189. The Morgan fingerprint density at radius 2 is 1.78 bits per heavy atom. The number of likely N-dealkylation sites (tertiary alicyclic amines) is 1. The van der Waals surface area contributed by atoms with Gasteiger partial charge in [-0.25, -0.2) is 0 Å². The van der Waals surface area contributed by atoms with Crippen LogP contribution in [0.15, 0.2) is 18.2 Å². The van der Waals surface area contributed by atoms with E-state index in [0.717, 1.165) is 35.0 Å². The van der Waals surface area contributed by atoms with Gasteiger partial charge in [-0.15, -0.1) is 0 Å². The van der Waals surface area contributed by atoms with Crippen molar-refractivity contribution in [1.82, 2.24) is 9.80 Å². The van der Waals surface area contributed by atoms with Gasteiger partial charge in [-0.05, 0) is 84.8 Å². The van der Waals surface area contributed by atoms with E-state index in [-0.39, 0.29) is 11.1 Å². The van der Waals surface area contributed by atoms with Crippen LogP contribution in [0.5, 0.6) is 0 Å². The Morgan fingerprint density at radius 1 is 1.17 bits per heavy atom. The van der Waals surface area contributed by atoms with Gasteiger partial charge in [0.1, 0.15) is 0 Å². The molecule has 1 aliphatic rings. The number of benzene rings is 1. The zero-order valence-corrected chi connectivity index (χ0v) is 16.6. The Bertz CT molecular complexity index is 516. The quantitative estimate of drug-likeness (QED) is 0.738. The summed E-state index contributed by atoms with van der Waals surface area (Å²) in [5.74, 6) is 0. The summed E-state index contributed by atoms with van der Waals surface area (Å²) in [6.07, 6.45) is 4.48. The molecular formula is C19H30Cl2N2. The molecule has 0 amide bonds. The van der Waals surface area contributed by atoms with Gasteiger partial charge < -0.3 is 4.90 Å². The highest BCUT2D eigenvalue weighted by Gasteiger charge is 2.40. The largest absolute Gasteiger partial charge is 0.302 e. The lowest BCUT2D eigenvalue weighted by molar-refractivity contribution is -0.00391. The van der Waals surface area contributed by atoms with Crippen molar-refractivity contribution in [2.24, 2.45) is 0 Å². The van der Waals surface area contributed by atoms with Crippen LogP contribution in [0.3, 0.4) is 0 Å². The van der Waals surface area contributed by atoms with E-state index in [4.69, 9.17) is 23.2 Å². The molecule has 2 nitrogen and oxygen atoms in total. The number of hydrogen-bond acceptors (Lipinski definition) is 2. The van der Waals surface area contributed by atoms with Gasteiger partial charge in [-0.2, -0.15) is 0 Å². The molecule has 0 bridgehead atoms. The number of rotatable bonds is 4. The molecule has 0 radical (unpaired) electrons. The third-order valence-electron chi connectivity index (χ3n) is 5.35. The normalized spacial score (nSPS) is 23.5. The third kappa shape index (κ3) is 4.42. The summed E-state index contributed by atoms with van der Waals surface area (Å²) in [5, 5.41) is 1.57. The van der Waals surface area contributed by atoms with Crippen molar-refractivity contribution in [2.45, 2.75) is 57.5 Å². The summed E-state index contributed by atoms with van der Waals surface area (Å²) in [6.45, 7) is 9.22. The lowest BCUT2D eigenvalue weighted by Gasteiger charge is -2.51. The Hall–Kier alpha value is -0.280. The molecule has 0 spiro atoms. The van der Waals surface area contributed by atoms with Crippen molar-refractivity contribution >= 4 is 23.2 Å². The second-order valence-electron chi connectivity index (χ2n) is 8.01. The second-order valence-corrected chi connectivity index (χ2v) is 8.83. The molecular weight excluding hydrogens is 327 g/mol. The van der Waals surface area contributed by atoms with Crippen LogP contribution in [0.25, 0.3) is 0 Å². The van der Waals surface area contributed by atoms with Crippen LogP contribution in [-0.4, -0.2) is 48.1 Å². The lowest BCUT2D eigenvalue weighted by atomic mass is 9.81. The van der Waals surface area contributed by atoms with Gasteiger partial charge in [0.25, 0.3) is 0 Å². The first-order chi connectivity index (χ1) is 10.7. The van der Waals surface area contributed by atoms with Gasteiger partial charge in [0.05, 0.1) is 0 Å². The van der Waals surface area contributed by atoms with Crippen LogP contribution in [0, 0.1) is 0 Å². The highest BCUT2D eigenvalue weighted by Crippen LogP contribution is 2.35. The minimum Gasteiger partial charge on any atom is -0.302 e. The standard InChI is InChI=1S/C19H30Cl2N2/c1-18(2,3)23-13-7-11-19(14-23,22(4)5)12-10-15-16(20)8-6-9-17(15)21/h6,8-9H,7,10-14H2,1-5H3/t19-/m0/s1. The summed E-state index contributed by atoms with van der Waals surface area (Å²) in [5.41, 5.74) is 1.49. The van der Waals surface area contributed by atoms with Gasteiger partial charge in [-0.1, -0.05) is 29.3 Å². The fraction of sp³-hybridized carbons (Fsp3) is 0.684. The van der Waals surface area contributed by atoms with Crippen molar-refractivity contribution in [3.63, 3.8) is 0 Å². The second kappa shape index (κ2) is 7.31. The molecule has 1 saturated heterocycles. The predicted molar refractivity (Wildman–Crippen MR) is 102 cm³/mol. The summed E-state index contributed by atoms with van der Waals surface area (Å²) < 4.78 is 0. The minimum atomic E-state index is 0.189. The number of halogens is 2. The van der Waals surface area contributed by atoms with Crippen LogP contribution in [0.2, 0.25) is 10.0 Å². The van der Waals surface area contributed by atoms with E-state index in [1.165, 1.54) is 19.4 Å². The molecule has 0 saturated carbocycles. The van der Waals surface area contributed by atoms with Crippen LogP contribution >= 0.6 is 23.2 Å². The highest BCUT2D eigenvalue weighted by atomic mass is 35.5. The Balaban J connectivity index is 2.18. The van der Waals surface area contributed by atoms with Crippen LogP contribution < -0.4 is 0 Å². The van der Waals surface area contributed by atoms with E-state index >= 15 is 0 Å². The summed E-state index contributed by atoms with van der Waals surface area (Å²) in [6, 6.07) is 5.79. The van der Waals surface area contributed by atoms with Crippen molar-refractivity contribution in [2.75, 3.05) is 27.2 Å². The fourth-order valence-electron chi connectivity index (χ4n) is 3.61. The van der Waals surface area contributed by atoms with Gasteiger partial charge in [0, 0.05) is 27.7 Å². The Labute approximate surface area is 151 Å². The molecule has 0 unspecified atom stereocenters. The molecule has 130 valence electrons. The van der Waals surface area contributed by atoms with E-state index < -0.39 is 0 Å². The Kier molecular flexibility index (Phi) is 6.05. The summed E-state index contributed by atoms with van der Waals surface area (Å²) in [7, 11) is 4.42. The third-order valence-corrected chi connectivity index (χ3v) is 6.06. The maximum atomic E-state index is 6.36.